The van der Waals surface area contributed by atoms with Crippen molar-refractivity contribution in [2.75, 3.05) is 6.54 Å². The highest BCUT2D eigenvalue weighted by Gasteiger charge is 2.36. The van der Waals surface area contributed by atoms with Crippen molar-refractivity contribution in [3.8, 4) is 0 Å². The van der Waals surface area contributed by atoms with Crippen molar-refractivity contribution in [2.45, 2.75) is 12.6 Å². The lowest BCUT2D eigenvalue weighted by molar-refractivity contribution is -0.138. The molecule has 0 atom stereocenters. The zero-order valence-electron chi connectivity index (χ0n) is 10.4. The fourth-order valence-electron chi connectivity index (χ4n) is 1.82. The van der Waals surface area contributed by atoms with Crippen molar-refractivity contribution in [3.05, 3.63) is 45.5 Å². The number of rotatable bonds is 3. The smallest absolute Gasteiger partial charge is 0.272 e. The maximum Gasteiger partial charge on any atom is 0.416 e. The van der Waals surface area contributed by atoms with Crippen LogP contribution in [-0.4, -0.2) is 23.3 Å². The SMILES string of the molecule is O=C1C(Cl)=C(Cl)C(=O)N1CCc1ccc(C(F)(F)F)cc1. The van der Waals surface area contributed by atoms with E-state index < -0.39 is 23.6 Å². The summed E-state index contributed by atoms with van der Waals surface area (Å²) < 4.78 is 37.2. The highest BCUT2D eigenvalue weighted by Crippen LogP contribution is 2.29. The van der Waals surface area contributed by atoms with Gasteiger partial charge in [-0.05, 0) is 24.1 Å². The van der Waals surface area contributed by atoms with Gasteiger partial charge in [-0.2, -0.15) is 13.2 Å². The molecule has 0 N–H and O–H groups in total. The second-order valence-corrected chi connectivity index (χ2v) is 5.09. The summed E-state index contributed by atoms with van der Waals surface area (Å²) in [5, 5.41) is -0.678. The van der Waals surface area contributed by atoms with Crippen molar-refractivity contribution in [3.63, 3.8) is 0 Å². The maximum atomic E-state index is 12.4. The largest absolute Gasteiger partial charge is 0.416 e. The molecule has 1 aliphatic rings. The van der Waals surface area contributed by atoms with Gasteiger partial charge in [-0.1, -0.05) is 35.3 Å². The second-order valence-electron chi connectivity index (χ2n) is 4.33. The molecule has 8 heteroatoms. The number of carbonyl (C=O) groups is 2. The minimum Gasteiger partial charge on any atom is -0.272 e. The molecule has 0 saturated heterocycles. The molecule has 0 saturated carbocycles. The number of halogens is 5. The summed E-state index contributed by atoms with van der Waals surface area (Å²) in [5.41, 5.74) is -0.199. The van der Waals surface area contributed by atoms with E-state index in [-0.39, 0.29) is 23.0 Å². The predicted molar refractivity (Wildman–Crippen MR) is 70.6 cm³/mol. The Morgan fingerprint density at radius 1 is 0.952 bits per heavy atom. The lowest BCUT2D eigenvalue weighted by atomic mass is 10.1. The van der Waals surface area contributed by atoms with E-state index in [4.69, 9.17) is 23.2 Å². The number of amides is 2. The summed E-state index contributed by atoms with van der Waals surface area (Å²) in [4.78, 5) is 24.1. The Morgan fingerprint density at radius 3 is 1.86 bits per heavy atom. The van der Waals surface area contributed by atoms with E-state index >= 15 is 0 Å². The minimum absolute atomic E-state index is 0.00449. The number of nitrogens with zero attached hydrogens (tertiary/aromatic N) is 1. The summed E-state index contributed by atoms with van der Waals surface area (Å²) in [7, 11) is 0. The molecule has 1 aliphatic heterocycles. The van der Waals surface area contributed by atoms with E-state index in [2.05, 4.69) is 0 Å². The van der Waals surface area contributed by atoms with Crippen LogP contribution >= 0.6 is 23.2 Å². The Bertz CT molecular complexity index is 599. The molecule has 0 bridgehead atoms. The molecule has 0 unspecified atom stereocenters. The number of imide groups is 1. The van der Waals surface area contributed by atoms with Gasteiger partial charge in [0.15, 0.2) is 0 Å². The molecule has 2 rings (SSSR count). The number of alkyl halides is 3. The molecular weight excluding hydrogens is 330 g/mol. The topological polar surface area (TPSA) is 37.4 Å². The van der Waals surface area contributed by atoms with Crippen molar-refractivity contribution in [1.29, 1.82) is 0 Å². The number of carbonyl (C=O) groups excluding carboxylic acids is 2. The number of hydrogen-bond donors (Lipinski definition) is 0. The molecule has 0 radical (unpaired) electrons. The van der Waals surface area contributed by atoms with Crippen LogP contribution in [0.4, 0.5) is 13.2 Å². The molecule has 1 aromatic carbocycles. The quantitative estimate of drug-likeness (QED) is 0.793. The first-order chi connectivity index (χ1) is 9.71. The normalized spacial score (nSPS) is 16.1. The van der Waals surface area contributed by atoms with Gasteiger partial charge in [0.2, 0.25) is 0 Å². The molecule has 1 aromatic rings. The molecule has 1 heterocycles. The van der Waals surface area contributed by atoms with Crippen LogP contribution < -0.4 is 0 Å². The zero-order chi connectivity index (χ0) is 15.8. The first-order valence-electron chi connectivity index (χ1n) is 5.79. The molecule has 21 heavy (non-hydrogen) atoms. The molecule has 2 amide bonds. The first kappa shape index (κ1) is 15.9. The fourth-order valence-corrected chi connectivity index (χ4v) is 2.19. The maximum absolute atomic E-state index is 12.4. The Balaban J connectivity index is 2.02. The molecule has 3 nitrogen and oxygen atoms in total. The second kappa shape index (κ2) is 5.69. The minimum atomic E-state index is -4.40. The van der Waals surface area contributed by atoms with Crippen LogP contribution in [-0.2, 0) is 22.2 Å². The molecule has 0 fully saturated rings. The highest BCUT2D eigenvalue weighted by atomic mass is 35.5. The van der Waals surface area contributed by atoms with Gasteiger partial charge in [0.1, 0.15) is 10.1 Å². The summed E-state index contributed by atoms with van der Waals surface area (Å²) >= 11 is 11.1. The van der Waals surface area contributed by atoms with E-state index in [1.54, 1.807) is 0 Å². The molecule has 0 aromatic heterocycles. The lowest BCUT2D eigenvalue weighted by Gasteiger charge is -2.14. The van der Waals surface area contributed by atoms with Crippen molar-refractivity contribution in [1.82, 2.24) is 4.90 Å². The molecule has 0 spiro atoms. The fraction of sp³-hybridized carbons (Fsp3) is 0.231. The van der Waals surface area contributed by atoms with Gasteiger partial charge in [-0.3, -0.25) is 14.5 Å². The van der Waals surface area contributed by atoms with Crippen LogP contribution in [0.15, 0.2) is 34.3 Å². The summed E-state index contributed by atoms with van der Waals surface area (Å²) in [6.07, 6.45) is -4.19. The van der Waals surface area contributed by atoms with Gasteiger partial charge in [0.25, 0.3) is 11.8 Å². The Hall–Kier alpha value is -1.53. The van der Waals surface area contributed by atoms with Gasteiger partial charge in [0.05, 0.1) is 5.56 Å². The summed E-state index contributed by atoms with van der Waals surface area (Å²) in [5.74, 6) is -1.39. The standard InChI is InChI=1S/C13H8Cl2F3NO2/c14-9-10(15)12(21)19(11(9)20)6-5-7-1-3-8(4-2-7)13(16,17)18/h1-4H,5-6H2. The van der Waals surface area contributed by atoms with E-state index in [0.29, 0.717) is 5.56 Å². The monoisotopic (exact) mass is 337 g/mol. The third-order valence-electron chi connectivity index (χ3n) is 2.96. The molecule has 0 aliphatic carbocycles. The summed E-state index contributed by atoms with van der Waals surface area (Å²) in [6.45, 7) is -0.00449. The van der Waals surface area contributed by atoms with Gasteiger partial charge in [-0.15, -0.1) is 0 Å². The van der Waals surface area contributed by atoms with Crippen LogP contribution in [0.5, 0.6) is 0 Å². The van der Waals surface area contributed by atoms with Gasteiger partial charge < -0.3 is 0 Å². The Kier molecular flexibility index (Phi) is 4.30. The molecule has 112 valence electrons. The summed E-state index contributed by atoms with van der Waals surface area (Å²) in [6, 6.07) is 4.48. The van der Waals surface area contributed by atoms with E-state index in [1.165, 1.54) is 12.1 Å². The average molecular weight is 338 g/mol. The van der Waals surface area contributed by atoms with Crippen molar-refractivity contribution in [2.24, 2.45) is 0 Å². The highest BCUT2D eigenvalue weighted by molar-refractivity contribution is 6.58. The van der Waals surface area contributed by atoms with Crippen molar-refractivity contribution < 1.29 is 22.8 Å². The van der Waals surface area contributed by atoms with E-state index in [9.17, 15) is 22.8 Å². The van der Waals surface area contributed by atoms with Crippen LogP contribution in [0.1, 0.15) is 11.1 Å². The molecular formula is C13H8Cl2F3NO2. The number of hydrogen-bond acceptors (Lipinski definition) is 2. The van der Waals surface area contributed by atoms with E-state index in [1.807, 2.05) is 0 Å². The van der Waals surface area contributed by atoms with Crippen LogP contribution in [0, 0.1) is 0 Å². The zero-order valence-corrected chi connectivity index (χ0v) is 11.9. The van der Waals surface area contributed by atoms with Gasteiger partial charge in [0, 0.05) is 6.54 Å². The van der Waals surface area contributed by atoms with Crippen LogP contribution in [0.2, 0.25) is 0 Å². The van der Waals surface area contributed by atoms with Crippen LogP contribution in [0.25, 0.3) is 0 Å². The third-order valence-corrected chi connectivity index (χ3v) is 3.76. The lowest BCUT2D eigenvalue weighted by Crippen LogP contribution is -2.33. The average Bonchev–Trinajstić information content (AvgIpc) is 2.61. The van der Waals surface area contributed by atoms with E-state index in [0.717, 1.165) is 17.0 Å². The van der Waals surface area contributed by atoms with Gasteiger partial charge >= 0.3 is 6.18 Å². The predicted octanol–water partition coefficient (Wildman–Crippen LogP) is 3.31. The first-order valence-corrected chi connectivity index (χ1v) is 6.55. The third kappa shape index (κ3) is 3.22. The number of benzene rings is 1. The van der Waals surface area contributed by atoms with Gasteiger partial charge in [-0.25, -0.2) is 0 Å². The van der Waals surface area contributed by atoms with Crippen molar-refractivity contribution >= 4 is 35.0 Å². The Morgan fingerprint density at radius 2 is 1.43 bits per heavy atom. The Labute approximate surface area is 127 Å². The van der Waals surface area contributed by atoms with Crippen LogP contribution in [0.3, 0.4) is 0 Å².